The van der Waals surface area contributed by atoms with Crippen molar-refractivity contribution in [1.29, 1.82) is 0 Å². The van der Waals surface area contributed by atoms with E-state index in [9.17, 15) is 14.4 Å². The number of methoxy groups -OCH3 is 1. The zero-order chi connectivity index (χ0) is 76.4. The summed E-state index contributed by atoms with van der Waals surface area (Å²) in [5.74, 6) is 4.41. The van der Waals surface area contributed by atoms with Crippen LogP contribution in [-0.2, 0) is 0 Å². The van der Waals surface area contributed by atoms with Crippen molar-refractivity contribution >= 4 is 66.8 Å². The van der Waals surface area contributed by atoms with Gasteiger partial charge in [-0.15, -0.1) is 0 Å². The normalized spacial score (nSPS) is 11.7. The quantitative estimate of drug-likeness (QED) is 0.0758. The van der Waals surface area contributed by atoms with Crippen molar-refractivity contribution in [2.24, 2.45) is 0 Å². The highest BCUT2D eigenvalue weighted by molar-refractivity contribution is 5.97. The molecule has 109 heavy (non-hydrogen) atoms. The molecule has 25 heteroatoms. The lowest BCUT2D eigenvalue weighted by Crippen LogP contribution is -2.26. The first-order valence-corrected chi connectivity index (χ1v) is 34.5. The number of aromatic nitrogens is 15. The van der Waals surface area contributed by atoms with Gasteiger partial charge in [0.05, 0.1) is 91.1 Å². The lowest BCUT2D eigenvalue weighted by molar-refractivity contribution is 0.411. The van der Waals surface area contributed by atoms with Crippen LogP contribution in [0.3, 0.4) is 0 Å². The van der Waals surface area contributed by atoms with Gasteiger partial charge in [-0.1, -0.05) is 109 Å². The second-order valence-electron chi connectivity index (χ2n) is 25.3. The third kappa shape index (κ3) is 15.4. The number of nitrogens with one attached hydrogen (secondary N) is 3. The summed E-state index contributed by atoms with van der Waals surface area (Å²) in [7, 11) is 1.55. The fraction of sp³-hybridized carbons (Fsp3) is 0.143. The first-order chi connectivity index (χ1) is 52.9. The Kier molecular flexibility index (Phi) is 21.3. The fourth-order valence-electron chi connectivity index (χ4n) is 12.7. The highest BCUT2D eigenvalue weighted by Gasteiger charge is 2.25. The number of benzene rings is 6. The molecule has 15 rings (SSSR count). The zero-order valence-electron chi connectivity index (χ0n) is 60.7. The second kappa shape index (κ2) is 32.0. The molecule has 0 spiro atoms. The van der Waals surface area contributed by atoms with E-state index in [4.69, 9.17) is 24.5 Å². The zero-order valence-corrected chi connectivity index (χ0v) is 60.7. The van der Waals surface area contributed by atoms with Gasteiger partial charge in [-0.25, -0.2) is 54.4 Å². The van der Waals surface area contributed by atoms with Crippen LogP contribution < -0.4 is 37.4 Å². The van der Waals surface area contributed by atoms with Crippen LogP contribution in [0.4, 0.5) is 34.5 Å². The molecule has 15 aromatic rings. The number of pyridine rings is 3. The molecule has 0 fully saturated rings. The largest absolute Gasteiger partial charge is 0.494 e. The van der Waals surface area contributed by atoms with Gasteiger partial charge in [0.1, 0.15) is 34.9 Å². The van der Waals surface area contributed by atoms with Crippen LogP contribution in [0.5, 0.6) is 5.75 Å². The molecule has 25 nitrogen and oxygen atoms in total. The monoisotopic (exact) mass is 1440 g/mol. The van der Waals surface area contributed by atoms with Crippen LogP contribution in [0.15, 0.2) is 234 Å². The molecule has 9 aromatic heterocycles. The predicted octanol–water partition coefficient (Wildman–Crippen LogP) is 16.4. The summed E-state index contributed by atoms with van der Waals surface area (Å²) in [6.07, 6.45) is 12.7. The number of para-hydroxylation sites is 3. The Morgan fingerprint density at radius 3 is 1.13 bits per heavy atom. The molecular formula is C84H69N21O4. The van der Waals surface area contributed by atoms with Gasteiger partial charge in [0.25, 0.3) is 16.7 Å². The van der Waals surface area contributed by atoms with Gasteiger partial charge in [-0.2, -0.15) is 0 Å². The molecule has 0 aliphatic rings. The van der Waals surface area contributed by atoms with E-state index < -0.39 is 0 Å². The maximum absolute atomic E-state index is 14.2. The minimum Gasteiger partial charge on any atom is -0.494 e. The molecule has 0 radical (unpaired) electrons. The SMILES string of the molecule is [C-]#[N+]c1cnc(C)nc1N[C@@H](C)c1cc2cccc(-c3cncc(C)n3)c2c(=O)n1-c1ccccc1.[C-]#[N+]c1cnc(C)nc1N[C@@H](C)c1cc2cccc(-c3ncc(OC)cn3)c2c(=O)n1-c1ccccc1.[C-]#[N+]c1cnc(C)nc1N[C@@H](C)c1cc2cccc(-c3nccc(C)n3)c2c(=O)n1-c1ccccc1. The Labute approximate surface area is 626 Å². The number of hydrogen-bond acceptors (Lipinski definition) is 19. The molecule has 0 bridgehead atoms. The third-order valence-electron chi connectivity index (χ3n) is 17.9. The third-order valence-corrected chi connectivity index (χ3v) is 17.9. The molecule has 6 aromatic carbocycles. The van der Waals surface area contributed by atoms with E-state index in [0.29, 0.717) is 114 Å². The summed E-state index contributed by atoms with van der Waals surface area (Å²) in [4.78, 5) is 105. The molecule has 3 N–H and O–H groups in total. The van der Waals surface area contributed by atoms with Gasteiger partial charge in [-0.3, -0.25) is 48.0 Å². The average Bonchev–Trinajstić information content (AvgIpc) is 0.761. The first kappa shape index (κ1) is 72.5. The smallest absolute Gasteiger partial charge is 0.264 e. The number of rotatable bonds is 16. The number of nitrogens with zero attached hydrogens (tertiary/aromatic N) is 18. The second-order valence-corrected chi connectivity index (χ2v) is 25.3. The minimum absolute atomic E-state index is 0.162. The van der Waals surface area contributed by atoms with Gasteiger partial charge in [0.2, 0.25) is 17.1 Å². The van der Waals surface area contributed by atoms with Crippen LogP contribution in [0.25, 0.3) is 97.9 Å². The Bertz CT molecular complexity index is 6020. The maximum atomic E-state index is 14.2. The minimum atomic E-state index is -0.368. The summed E-state index contributed by atoms with van der Waals surface area (Å²) in [5, 5.41) is 13.9. The molecule has 0 amide bonds. The lowest BCUT2D eigenvalue weighted by atomic mass is 10.0. The Morgan fingerprint density at radius 2 is 0.761 bits per heavy atom. The van der Waals surface area contributed by atoms with Crippen molar-refractivity contribution in [1.82, 2.24) is 73.5 Å². The van der Waals surface area contributed by atoms with Crippen molar-refractivity contribution in [3.05, 3.63) is 331 Å². The van der Waals surface area contributed by atoms with Crippen molar-refractivity contribution in [2.75, 3.05) is 23.1 Å². The van der Waals surface area contributed by atoms with Crippen molar-refractivity contribution in [3.63, 3.8) is 0 Å². The topological polar surface area (TPSA) is 279 Å². The van der Waals surface area contributed by atoms with Crippen LogP contribution in [0.2, 0.25) is 0 Å². The summed E-state index contributed by atoms with van der Waals surface area (Å²) in [6.45, 7) is 37.4. The van der Waals surface area contributed by atoms with Gasteiger partial charge < -0.3 is 20.7 Å². The van der Waals surface area contributed by atoms with Gasteiger partial charge in [0, 0.05) is 87.5 Å². The number of fused-ring (bicyclic) bond motifs is 3. The summed E-state index contributed by atoms with van der Waals surface area (Å²) in [6, 6.07) is 52.2. The number of anilines is 3. The standard InChI is InChI=1S/C28H23N7O2.2C28H23N7O/c1-17(33-27-23(29-3)16-30-18(2)34-27)24-13-19-9-8-12-22(26-31-14-21(37-4)15-32-26)25(19)28(36)35(24)20-10-6-5-7-11-20;1-17-14-30-15-23(32-17)22-12-8-9-20-13-25(18(2)33-27-24(29-4)16-31-19(3)34-27)35(28(36)26(20)22)21-10-6-5-7-11-21;1-17-13-14-30-26(32-17)22-12-8-9-20-15-24(18(2)33-27-23(29-4)16-31-19(3)34-27)35(28(36)25(20)22)21-10-6-5-7-11-21/h5-17H,1-2,4H3,(H,30,33,34);2*5-16,18H,1-3H3,(H,31,33,34)/t17-;2*18-/m000/s1. The van der Waals surface area contributed by atoms with Crippen molar-refractivity contribution in [2.45, 2.75) is 73.5 Å². The molecule has 3 atom stereocenters. The highest BCUT2D eigenvalue weighted by atomic mass is 16.5. The van der Waals surface area contributed by atoms with E-state index in [1.807, 2.05) is 204 Å². The van der Waals surface area contributed by atoms with E-state index in [0.717, 1.165) is 55.9 Å². The summed E-state index contributed by atoms with van der Waals surface area (Å²) >= 11 is 0. The van der Waals surface area contributed by atoms with Crippen LogP contribution in [0, 0.1) is 54.3 Å². The molecule has 534 valence electrons. The summed E-state index contributed by atoms with van der Waals surface area (Å²) in [5.41, 5.74) is 9.06. The number of ether oxygens (including phenoxy) is 1. The number of aryl methyl sites for hydroxylation is 5. The van der Waals surface area contributed by atoms with Gasteiger partial charge in [0.15, 0.2) is 17.4 Å². The van der Waals surface area contributed by atoms with Crippen molar-refractivity contribution < 1.29 is 4.74 Å². The molecule has 0 aliphatic heterocycles. The number of hydrogen-bond donors (Lipinski definition) is 3. The van der Waals surface area contributed by atoms with Crippen LogP contribution in [0.1, 0.15) is 84.8 Å². The molecule has 0 saturated heterocycles. The Hall–Kier alpha value is -14.9. The molecule has 0 saturated carbocycles. The van der Waals surface area contributed by atoms with Crippen molar-refractivity contribution in [3.8, 4) is 56.8 Å². The first-order valence-electron chi connectivity index (χ1n) is 34.5. The van der Waals surface area contributed by atoms with Gasteiger partial charge in [-0.05, 0) is 132 Å². The lowest BCUT2D eigenvalue weighted by Gasteiger charge is -2.22. The predicted molar refractivity (Wildman–Crippen MR) is 423 cm³/mol. The average molecular weight is 1440 g/mol. The van der Waals surface area contributed by atoms with E-state index in [2.05, 4.69) is 90.3 Å². The fourth-order valence-corrected chi connectivity index (χ4v) is 12.7. The molecule has 0 unspecified atom stereocenters. The van der Waals surface area contributed by atoms with E-state index in [-0.39, 0.29) is 34.8 Å². The van der Waals surface area contributed by atoms with Crippen LogP contribution in [-0.4, -0.2) is 80.6 Å². The maximum Gasteiger partial charge on any atom is 0.264 e. The van der Waals surface area contributed by atoms with E-state index in [1.54, 1.807) is 72.6 Å². The molecular weight excluding hydrogens is 1370 g/mol. The van der Waals surface area contributed by atoms with Gasteiger partial charge >= 0.3 is 0 Å². The van der Waals surface area contributed by atoms with Crippen LogP contribution >= 0.6 is 0 Å². The highest BCUT2D eigenvalue weighted by Crippen LogP contribution is 2.36. The Morgan fingerprint density at radius 1 is 0.385 bits per heavy atom. The van der Waals surface area contributed by atoms with E-state index >= 15 is 0 Å². The summed E-state index contributed by atoms with van der Waals surface area (Å²) < 4.78 is 10.3. The van der Waals surface area contributed by atoms with E-state index in [1.165, 1.54) is 18.6 Å². The molecule has 9 heterocycles. The Balaban J connectivity index is 0.000000144. The molecule has 0 aliphatic carbocycles.